The molecule has 1 rings (SSSR count). The first-order chi connectivity index (χ1) is 11.3. The highest BCUT2D eigenvalue weighted by molar-refractivity contribution is 5.14. The highest BCUT2D eigenvalue weighted by Gasteiger charge is 2.14. The van der Waals surface area contributed by atoms with E-state index in [0.717, 1.165) is 0 Å². The van der Waals surface area contributed by atoms with Crippen LogP contribution in [0, 0.1) is 16.2 Å². The zero-order valence-electron chi connectivity index (χ0n) is 19.4. The summed E-state index contributed by atoms with van der Waals surface area (Å²) in [4.78, 5) is 0. The van der Waals surface area contributed by atoms with E-state index >= 15 is 0 Å². The minimum absolute atomic E-state index is 0.496. The second-order valence-electron chi connectivity index (χ2n) is 10.3. The van der Waals surface area contributed by atoms with Crippen molar-refractivity contribution in [3.8, 4) is 0 Å². The fourth-order valence-corrected chi connectivity index (χ4v) is 1.30. The summed E-state index contributed by atoms with van der Waals surface area (Å²) in [5.74, 6) is 0. The van der Waals surface area contributed by atoms with Crippen LogP contribution < -0.4 is 0 Å². The van der Waals surface area contributed by atoms with Gasteiger partial charge in [-0.25, -0.2) is 0 Å². The fraction of sp³-hybridized carbons (Fsp3) is 0.760. The molecular weight excluding hydrogens is 300 g/mol. The monoisotopic (exact) mass is 348 g/mol. The topological polar surface area (TPSA) is 0 Å². The molecule has 0 N–H and O–H groups in total. The second kappa shape index (κ2) is 12.6. The van der Waals surface area contributed by atoms with E-state index in [9.17, 15) is 0 Å². The Labute approximate surface area is 160 Å². The molecule has 0 nitrogen and oxygen atoms in total. The Morgan fingerprint density at radius 2 is 0.960 bits per heavy atom. The van der Waals surface area contributed by atoms with E-state index < -0.39 is 0 Å². The van der Waals surface area contributed by atoms with E-state index in [1.807, 2.05) is 0 Å². The zero-order valence-corrected chi connectivity index (χ0v) is 19.4. The van der Waals surface area contributed by atoms with Gasteiger partial charge in [-0.2, -0.15) is 0 Å². The van der Waals surface area contributed by atoms with Gasteiger partial charge in [-0.15, -0.1) is 0 Å². The molecule has 0 unspecified atom stereocenters. The Balaban J connectivity index is 0. The predicted octanol–water partition coefficient (Wildman–Crippen LogP) is 8.94. The second-order valence-corrected chi connectivity index (χ2v) is 10.3. The van der Waals surface area contributed by atoms with Gasteiger partial charge in [0, 0.05) is 0 Å². The van der Waals surface area contributed by atoms with Crippen molar-refractivity contribution >= 4 is 0 Å². The van der Waals surface area contributed by atoms with Gasteiger partial charge < -0.3 is 0 Å². The summed E-state index contributed by atoms with van der Waals surface area (Å²) in [6.45, 7) is 24.8. The first-order valence-corrected chi connectivity index (χ1v) is 10.3. The van der Waals surface area contributed by atoms with Gasteiger partial charge in [0.05, 0.1) is 0 Å². The molecule has 0 bridgehead atoms. The Hall–Kier alpha value is -0.780. The van der Waals surface area contributed by atoms with Crippen molar-refractivity contribution in [1.82, 2.24) is 0 Å². The Morgan fingerprint density at radius 1 is 0.600 bits per heavy atom. The Bertz CT molecular complexity index is 384. The maximum absolute atomic E-state index is 2.34. The van der Waals surface area contributed by atoms with E-state index in [0.29, 0.717) is 16.2 Å². The summed E-state index contributed by atoms with van der Waals surface area (Å²) >= 11 is 0. The molecule has 0 atom stereocenters. The molecule has 0 amide bonds. The van der Waals surface area contributed by atoms with E-state index in [2.05, 4.69) is 106 Å². The molecule has 0 heteroatoms. The standard InChI is InChI=1S/C13H20.2C6H14/c1-4-13(2,3)11-10-12-8-6-5-7-9-12;2*1-5-6(2,3)4/h5-9H,4,10-11H2,1-3H3;2*5H2,1-4H3. The molecule has 0 aliphatic rings. The van der Waals surface area contributed by atoms with Gasteiger partial charge in [0.1, 0.15) is 0 Å². The van der Waals surface area contributed by atoms with Crippen LogP contribution in [0.25, 0.3) is 0 Å². The van der Waals surface area contributed by atoms with Crippen molar-refractivity contribution in [2.24, 2.45) is 16.2 Å². The summed E-state index contributed by atoms with van der Waals surface area (Å²) in [7, 11) is 0. The van der Waals surface area contributed by atoms with Gasteiger partial charge >= 0.3 is 0 Å². The summed E-state index contributed by atoms with van der Waals surface area (Å²) in [6, 6.07) is 10.7. The van der Waals surface area contributed by atoms with Crippen LogP contribution in [-0.4, -0.2) is 0 Å². The normalized spacial score (nSPS) is 11.8. The summed E-state index contributed by atoms with van der Waals surface area (Å²) in [5, 5.41) is 0. The lowest BCUT2D eigenvalue weighted by Gasteiger charge is -2.22. The molecule has 148 valence electrons. The molecule has 0 heterocycles. The molecule has 0 aliphatic heterocycles. The molecule has 0 aromatic heterocycles. The molecule has 0 saturated carbocycles. The largest absolute Gasteiger partial charge is 0.0649 e. The van der Waals surface area contributed by atoms with Crippen LogP contribution in [0.3, 0.4) is 0 Å². The maximum Gasteiger partial charge on any atom is -0.0274 e. The summed E-state index contributed by atoms with van der Waals surface area (Å²) in [5.41, 5.74) is 3.04. The molecular formula is C25H48. The van der Waals surface area contributed by atoms with Gasteiger partial charge in [-0.1, -0.05) is 126 Å². The van der Waals surface area contributed by atoms with Crippen molar-refractivity contribution in [2.45, 2.75) is 108 Å². The van der Waals surface area contributed by atoms with Crippen LogP contribution in [0.15, 0.2) is 30.3 Å². The molecule has 0 radical (unpaired) electrons. The number of benzene rings is 1. The molecule has 1 aromatic carbocycles. The molecule has 1 aromatic rings. The Morgan fingerprint density at radius 3 is 1.24 bits per heavy atom. The third kappa shape index (κ3) is 21.2. The lowest BCUT2D eigenvalue weighted by molar-refractivity contribution is 0.322. The first kappa shape index (κ1) is 26.4. The van der Waals surface area contributed by atoms with Crippen LogP contribution in [0.2, 0.25) is 0 Å². The van der Waals surface area contributed by atoms with Crippen molar-refractivity contribution in [2.75, 3.05) is 0 Å². The average Bonchev–Trinajstić information content (AvgIpc) is 2.54. The number of hydrogen-bond donors (Lipinski definition) is 0. The van der Waals surface area contributed by atoms with Crippen LogP contribution in [0.1, 0.15) is 107 Å². The quantitative estimate of drug-likeness (QED) is 0.509. The van der Waals surface area contributed by atoms with E-state index in [1.54, 1.807) is 0 Å². The fourth-order valence-electron chi connectivity index (χ4n) is 1.30. The minimum Gasteiger partial charge on any atom is -0.0649 e. The maximum atomic E-state index is 2.34. The average molecular weight is 349 g/mol. The van der Waals surface area contributed by atoms with Gasteiger partial charge in [0.2, 0.25) is 0 Å². The first-order valence-electron chi connectivity index (χ1n) is 10.3. The van der Waals surface area contributed by atoms with Crippen molar-refractivity contribution in [3.05, 3.63) is 35.9 Å². The highest BCUT2D eigenvalue weighted by Crippen LogP contribution is 2.26. The van der Waals surface area contributed by atoms with Crippen LogP contribution >= 0.6 is 0 Å². The SMILES string of the molecule is CCC(C)(C)C.CCC(C)(C)C.CCC(C)(C)CCc1ccccc1. The summed E-state index contributed by atoms with van der Waals surface area (Å²) < 4.78 is 0. The molecule has 0 aliphatic carbocycles. The molecule has 0 spiro atoms. The van der Waals surface area contributed by atoms with E-state index in [1.165, 1.54) is 37.7 Å². The number of aryl methyl sites for hydroxylation is 1. The van der Waals surface area contributed by atoms with Crippen molar-refractivity contribution in [3.63, 3.8) is 0 Å². The third-order valence-corrected chi connectivity index (χ3v) is 5.01. The van der Waals surface area contributed by atoms with Crippen molar-refractivity contribution < 1.29 is 0 Å². The van der Waals surface area contributed by atoms with Crippen LogP contribution in [0.4, 0.5) is 0 Å². The van der Waals surface area contributed by atoms with Crippen LogP contribution in [-0.2, 0) is 6.42 Å². The zero-order chi connectivity index (χ0) is 20.1. The molecule has 25 heavy (non-hydrogen) atoms. The van der Waals surface area contributed by atoms with Gasteiger partial charge in [0.25, 0.3) is 0 Å². The lowest BCUT2D eigenvalue weighted by Crippen LogP contribution is -2.10. The Kier molecular flexibility index (Phi) is 13.3. The van der Waals surface area contributed by atoms with Gasteiger partial charge in [-0.3, -0.25) is 0 Å². The molecule has 0 saturated heterocycles. The predicted molar refractivity (Wildman–Crippen MR) is 118 cm³/mol. The van der Waals surface area contributed by atoms with Crippen LogP contribution in [0.5, 0.6) is 0 Å². The number of rotatable bonds is 4. The van der Waals surface area contributed by atoms with Gasteiger partial charge in [0.15, 0.2) is 0 Å². The van der Waals surface area contributed by atoms with Gasteiger partial charge in [-0.05, 0) is 34.7 Å². The number of hydrogen-bond acceptors (Lipinski definition) is 0. The summed E-state index contributed by atoms with van der Waals surface area (Å²) in [6.07, 6.45) is 6.30. The smallest absolute Gasteiger partial charge is 0.0274 e. The minimum atomic E-state index is 0.496. The third-order valence-electron chi connectivity index (χ3n) is 5.01. The van der Waals surface area contributed by atoms with E-state index in [4.69, 9.17) is 0 Å². The van der Waals surface area contributed by atoms with Crippen molar-refractivity contribution in [1.29, 1.82) is 0 Å². The lowest BCUT2D eigenvalue weighted by atomic mass is 9.84. The molecule has 0 fully saturated rings. The van der Waals surface area contributed by atoms with E-state index in [-0.39, 0.29) is 0 Å². The highest BCUT2D eigenvalue weighted by atomic mass is 14.2.